The number of pyridine rings is 2. The van der Waals surface area contributed by atoms with Gasteiger partial charge in [-0.15, -0.1) is 0 Å². The minimum Gasteiger partial charge on any atom is -0.347 e. The second kappa shape index (κ2) is 7.89. The van der Waals surface area contributed by atoms with Gasteiger partial charge in [0, 0.05) is 19.3 Å². The maximum absolute atomic E-state index is 12.2. The SMILES string of the molecule is Cc1nc(-c2cccnc2SCC(=O)N[C@@H](C)c2ccccn2)no1. The smallest absolute Gasteiger partial charge is 0.230 e. The maximum atomic E-state index is 12.2. The van der Waals surface area contributed by atoms with Crippen LogP contribution in [0.5, 0.6) is 0 Å². The zero-order valence-corrected chi connectivity index (χ0v) is 14.7. The van der Waals surface area contributed by atoms with E-state index in [-0.39, 0.29) is 17.7 Å². The summed E-state index contributed by atoms with van der Waals surface area (Å²) in [5.41, 5.74) is 1.57. The highest BCUT2D eigenvalue weighted by atomic mass is 32.2. The maximum Gasteiger partial charge on any atom is 0.230 e. The molecule has 3 rings (SSSR count). The number of carbonyl (C=O) groups is 1. The molecule has 0 saturated heterocycles. The van der Waals surface area contributed by atoms with E-state index in [1.54, 1.807) is 25.4 Å². The average Bonchev–Trinajstić information content (AvgIpc) is 3.07. The molecule has 0 radical (unpaired) electrons. The van der Waals surface area contributed by atoms with Crippen molar-refractivity contribution in [2.45, 2.75) is 24.9 Å². The van der Waals surface area contributed by atoms with Crippen molar-refractivity contribution in [3.05, 3.63) is 54.3 Å². The molecule has 7 nitrogen and oxygen atoms in total. The third-order valence-corrected chi connectivity index (χ3v) is 4.39. The molecule has 128 valence electrons. The highest BCUT2D eigenvalue weighted by molar-refractivity contribution is 8.00. The van der Waals surface area contributed by atoms with Gasteiger partial charge in [0.15, 0.2) is 0 Å². The first kappa shape index (κ1) is 17.1. The van der Waals surface area contributed by atoms with Crippen LogP contribution in [-0.2, 0) is 4.79 Å². The van der Waals surface area contributed by atoms with Gasteiger partial charge in [-0.25, -0.2) is 4.98 Å². The van der Waals surface area contributed by atoms with Crippen molar-refractivity contribution in [2.75, 3.05) is 5.75 Å². The number of amides is 1. The molecule has 3 heterocycles. The molecule has 0 aliphatic rings. The van der Waals surface area contributed by atoms with Gasteiger partial charge in [-0.2, -0.15) is 4.98 Å². The number of rotatable bonds is 6. The van der Waals surface area contributed by atoms with Crippen molar-refractivity contribution in [1.82, 2.24) is 25.4 Å². The van der Waals surface area contributed by atoms with Crippen molar-refractivity contribution in [3.63, 3.8) is 0 Å². The summed E-state index contributed by atoms with van der Waals surface area (Å²) < 4.78 is 5.02. The second-order valence-electron chi connectivity index (χ2n) is 5.33. The molecule has 0 aliphatic carbocycles. The van der Waals surface area contributed by atoms with E-state index in [4.69, 9.17) is 4.52 Å². The van der Waals surface area contributed by atoms with Crippen LogP contribution < -0.4 is 5.32 Å². The van der Waals surface area contributed by atoms with Crippen LogP contribution in [0, 0.1) is 6.92 Å². The third-order valence-electron chi connectivity index (χ3n) is 3.39. The Morgan fingerprint density at radius 1 is 1.24 bits per heavy atom. The number of nitrogens with zero attached hydrogens (tertiary/aromatic N) is 4. The van der Waals surface area contributed by atoms with Gasteiger partial charge in [-0.05, 0) is 31.2 Å². The molecule has 1 N–H and O–H groups in total. The van der Waals surface area contributed by atoms with E-state index < -0.39 is 0 Å². The third kappa shape index (κ3) is 4.42. The van der Waals surface area contributed by atoms with E-state index >= 15 is 0 Å². The molecule has 3 aromatic heterocycles. The molecule has 0 unspecified atom stereocenters. The Bertz CT molecular complexity index is 853. The molecular formula is C17H17N5O2S. The zero-order valence-electron chi connectivity index (χ0n) is 13.8. The molecule has 25 heavy (non-hydrogen) atoms. The fraction of sp³-hybridized carbons (Fsp3) is 0.235. The minimum atomic E-state index is -0.155. The van der Waals surface area contributed by atoms with Crippen molar-refractivity contribution >= 4 is 17.7 Å². The first-order chi connectivity index (χ1) is 12.1. The van der Waals surface area contributed by atoms with E-state index in [0.717, 1.165) is 11.3 Å². The van der Waals surface area contributed by atoms with Gasteiger partial charge in [0.25, 0.3) is 0 Å². The minimum absolute atomic E-state index is 0.0935. The van der Waals surface area contributed by atoms with Gasteiger partial charge in [0.1, 0.15) is 5.03 Å². The molecule has 0 aliphatic heterocycles. The fourth-order valence-corrected chi connectivity index (χ4v) is 3.01. The van der Waals surface area contributed by atoms with Crippen molar-refractivity contribution in [3.8, 4) is 11.4 Å². The molecule has 8 heteroatoms. The monoisotopic (exact) mass is 355 g/mol. The van der Waals surface area contributed by atoms with Gasteiger partial charge < -0.3 is 9.84 Å². The fourth-order valence-electron chi connectivity index (χ4n) is 2.21. The summed E-state index contributed by atoms with van der Waals surface area (Å²) in [6, 6.07) is 9.12. The summed E-state index contributed by atoms with van der Waals surface area (Å²) in [5.74, 6) is 1.09. The van der Waals surface area contributed by atoms with Crippen molar-refractivity contribution in [2.24, 2.45) is 0 Å². The summed E-state index contributed by atoms with van der Waals surface area (Å²) >= 11 is 1.33. The number of aryl methyl sites for hydroxylation is 1. The number of aromatic nitrogens is 4. The van der Waals surface area contributed by atoms with Crippen LogP contribution in [0.25, 0.3) is 11.4 Å². The van der Waals surface area contributed by atoms with E-state index in [2.05, 4.69) is 25.4 Å². The molecule has 0 aromatic carbocycles. The predicted molar refractivity (Wildman–Crippen MR) is 93.8 cm³/mol. The van der Waals surface area contributed by atoms with Crippen LogP contribution in [0.2, 0.25) is 0 Å². The Morgan fingerprint density at radius 3 is 2.80 bits per heavy atom. The molecule has 1 amide bonds. The van der Waals surface area contributed by atoms with Crippen LogP contribution in [0.1, 0.15) is 24.6 Å². The molecule has 0 saturated carbocycles. The highest BCUT2D eigenvalue weighted by Gasteiger charge is 2.15. The van der Waals surface area contributed by atoms with E-state index in [0.29, 0.717) is 16.7 Å². The van der Waals surface area contributed by atoms with Crippen LogP contribution in [0.4, 0.5) is 0 Å². The number of thioether (sulfide) groups is 1. The Labute approximate surface area is 149 Å². The summed E-state index contributed by atoms with van der Waals surface area (Å²) in [6.45, 7) is 3.63. The quantitative estimate of drug-likeness (QED) is 0.679. The van der Waals surface area contributed by atoms with E-state index in [1.807, 2.05) is 31.2 Å². The largest absolute Gasteiger partial charge is 0.347 e. The van der Waals surface area contributed by atoms with Gasteiger partial charge >= 0.3 is 0 Å². The number of carbonyl (C=O) groups excluding carboxylic acids is 1. The summed E-state index contributed by atoms with van der Waals surface area (Å²) in [7, 11) is 0. The standard InChI is InChI=1S/C17H17N5O2S/c1-11(14-7-3-4-8-18-14)20-15(23)10-25-17-13(6-5-9-19-17)16-21-12(2)24-22-16/h3-9,11H,10H2,1-2H3,(H,20,23)/t11-/m0/s1. The first-order valence-corrected chi connectivity index (χ1v) is 8.71. The van der Waals surface area contributed by atoms with E-state index in [9.17, 15) is 4.79 Å². The number of hydrogen-bond donors (Lipinski definition) is 1. The zero-order chi connectivity index (χ0) is 17.6. The first-order valence-electron chi connectivity index (χ1n) is 7.72. The van der Waals surface area contributed by atoms with Gasteiger partial charge in [-0.1, -0.05) is 23.0 Å². The molecule has 1 atom stereocenters. The lowest BCUT2D eigenvalue weighted by Gasteiger charge is -2.13. The Hall–Kier alpha value is -2.74. The lowest BCUT2D eigenvalue weighted by Crippen LogP contribution is -2.28. The second-order valence-corrected chi connectivity index (χ2v) is 6.29. The van der Waals surface area contributed by atoms with Crippen molar-refractivity contribution < 1.29 is 9.32 Å². The molecule has 3 aromatic rings. The number of hydrogen-bond acceptors (Lipinski definition) is 7. The predicted octanol–water partition coefficient (Wildman–Crippen LogP) is 2.80. The summed E-state index contributed by atoms with van der Waals surface area (Å²) in [4.78, 5) is 25.0. The van der Waals surface area contributed by atoms with Crippen LogP contribution in [0.15, 0.2) is 52.3 Å². The lowest BCUT2D eigenvalue weighted by atomic mass is 10.2. The molecule has 0 spiro atoms. The summed E-state index contributed by atoms with van der Waals surface area (Å²) in [5, 5.41) is 7.53. The van der Waals surface area contributed by atoms with Gasteiger partial charge in [0.2, 0.25) is 17.6 Å². The van der Waals surface area contributed by atoms with Crippen LogP contribution in [0.3, 0.4) is 0 Å². The topological polar surface area (TPSA) is 93.8 Å². The molecular weight excluding hydrogens is 338 g/mol. The normalized spacial score (nSPS) is 11.9. The van der Waals surface area contributed by atoms with Crippen molar-refractivity contribution in [1.29, 1.82) is 0 Å². The molecule has 0 bridgehead atoms. The van der Waals surface area contributed by atoms with Gasteiger partial charge in [0.05, 0.1) is 23.1 Å². The number of nitrogens with one attached hydrogen (secondary N) is 1. The Morgan fingerprint density at radius 2 is 2.08 bits per heavy atom. The van der Waals surface area contributed by atoms with Gasteiger partial charge in [-0.3, -0.25) is 9.78 Å². The Balaban J connectivity index is 1.63. The Kier molecular flexibility index (Phi) is 5.39. The van der Waals surface area contributed by atoms with Crippen LogP contribution >= 0.6 is 11.8 Å². The molecule has 0 fully saturated rings. The van der Waals surface area contributed by atoms with Crippen LogP contribution in [-0.4, -0.2) is 31.8 Å². The highest BCUT2D eigenvalue weighted by Crippen LogP contribution is 2.27. The average molecular weight is 355 g/mol. The van der Waals surface area contributed by atoms with E-state index in [1.165, 1.54) is 11.8 Å². The summed E-state index contributed by atoms with van der Waals surface area (Å²) in [6.07, 6.45) is 3.38. The lowest BCUT2D eigenvalue weighted by molar-refractivity contribution is -0.119.